The number of carbonyl (C=O) groups is 2. The standard InChI is InChI=1S/C17H14FNO4/c18-14-8-6-12(7-9-14)10-15(16(20)21)19-17(22)23-11-13-4-2-1-3-5-13/h1-10H,11H2,(H,19,22)(H,20,21)/b15-10-. The van der Waals surface area contributed by atoms with Gasteiger partial charge in [-0.25, -0.2) is 14.0 Å². The molecule has 0 aliphatic rings. The average molecular weight is 315 g/mol. The number of hydrogen-bond donors (Lipinski definition) is 2. The van der Waals surface area contributed by atoms with Gasteiger partial charge in [0, 0.05) is 0 Å². The van der Waals surface area contributed by atoms with Gasteiger partial charge in [-0.3, -0.25) is 5.32 Å². The van der Waals surface area contributed by atoms with Crippen molar-refractivity contribution in [1.82, 2.24) is 5.32 Å². The van der Waals surface area contributed by atoms with Crippen molar-refractivity contribution in [3.63, 3.8) is 0 Å². The van der Waals surface area contributed by atoms with Crippen LogP contribution >= 0.6 is 0 Å². The molecule has 0 heterocycles. The first kappa shape index (κ1) is 16.2. The van der Waals surface area contributed by atoms with Crippen molar-refractivity contribution >= 4 is 18.1 Å². The zero-order chi connectivity index (χ0) is 16.7. The van der Waals surface area contributed by atoms with Crippen LogP contribution in [0.1, 0.15) is 11.1 Å². The molecule has 118 valence electrons. The summed E-state index contributed by atoms with van der Waals surface area (Å²) in [6.45, 7) is 0.0239. The third-order valence-electron chi connectivity index (χ3n) is 2.86. The Labute approximate surface area is 132 Å². The molecule has 0 aliphatic heterocycles. The van der Waals surface area contributed by atoms with Crippen molar-refractivity contribution in [2.75, 3.05) is 0 Å². The molecule has 5 nitrogen and oxygen atoms in total. The Morgan fingerprint density at radius 3 is 2.35 bits per heavy atom. The smallest absolute Gasteiger partial charge is 0.412 e. The van der Waals surface area contributed by atoms with Gasteiger partial charge in [-0.05, 0) is 29.3 Å². The second-order valence-corrected chi connectivity index (χ2v) is 4.60. The molecular weight excluding hydrogens is 301 g/mol. The van der Waals surface area contributed by atoms with E-state index >= 15 is 0 Å². The van der Waals surface area contributed by atoms with Crippen LogP contribution in [-0.4, -0.2) is 17.2 Å². The molecule has 2 aromatic carbocycles. The average Bonchev–Trinajstić information content (AvgIpc) is 2.55. The summed E-state index contributed by atoms with van der Waals surface area (Å²) in [5.41, 5.74) is 0.851. The molecule has 0 bridgehead atoms. The Bertz CT molecular complexity index is 711. The van der Waals surface area contributed by atoms with Crippen LogP contribution < -0.4 is 5.32 Å². The molecule has 0 fully saturated rings. The Kier molecular flexibility index (Phi) is 5.46. The van der Waals surface area contributed by atoms with E-state index in [9.17, 15) is 14.0 Å². The van der Waals surface area contributed by atoms with E-state index in [0.29, 0.717) is 5.56 Å². The van der Waals surface area contributed by atoms with Gasteiger partial charge in [0.2, 0.25) is 0 Å². The van der Waals surface area contributed by atoms with Gasteiger partial charge in [0.25, 0.3) is 0 Å². The Hall–Kier alpha value is -3.15. The maximum atomic E-state index is 12.8. The molecule has 1 amide bonds. The first-order valence-corrected chi connectivity index (χ1v) is 6.73. The van der Waals surface area contributed by atoms with E-state index in [1.807, 2.05) is 6.07 Å². The van der Waals surface area contributed by atoms with E-state index in [2.05, 4.69) is 5.32 Å². The van der Waals surface area contributed by atoms with Crippen LogP contribution in [0.2, 0.25) is 0 Å². The van der Waals surface area contributed by atoms with Gasteiger partial charge in [-0.2, -0.15) is 0 Å². The lowest BCUT2D eigenvalue weighted by Crippen LogP contribution is -2.27. The number of carboxylic acids is 1. The number of rotatable bonds is 5. The summed E-state index contributed by atoms with van der Waals surface area (Å²) in [6, 6.07) is 14.2. The molecule has 6 heteroatoms. The Morgan fingerprint density at radius 1 is 1.09 bits per heavy atom. The summed E-state index contributed by atoms with van der Waals surface area (Å²) in [6.07, 6.45) is 0.329. The molecule has 2 N–H and O–H groups in total. The molecule has 0 aliphatic carbocycles. The molecule has 23 heavy (non-hydrogen) atoms. The molecular formula is C17H14FNO4. The van der Waals surface area contributed by atoms with Gasteiger partial charge in [-0.1, -0.05) is 42.5 Å². The van der Waals surface area contributed by atoms with Gasteiger partial charge >= 0.3 is 12.1 Å². The molecule has 2 rings (SSSR count). The number of benzene rings is 2. The topological polar surface area (TPSA) is 75.6 Å². The van der Waals surface area contributed by atoms with E-state index in [1.165, 1.54) is 30.3 Å². The SMILES string of the molecule is O=C(N/C(=C\c1ccc(F)cc1)C(=O)O)OCc1ccccc1. The molecule has 0 saturated heterocycles. The fourth-order valence-electron chi connectivity index (χ4n) is 1.75. The third-order valence-corrected chi connectivity index (χ3v) is 2.86. The number of alkyl carbamates (subject to hydrolysis) is 1. The fraction of sp³-hybridized carbons (Fsp3) is 0.0588. The zero-order valence-corrected chi connectivity index (χ0v) is 12.0. The van der Waals surface area contributed by atoms with E-state index in [0.717, 1.165) is 5.56 Å². The number of carbonyl (C=O) groups excluding carboxylic acids is 1. The second-order valence-electron chi connectivity index (χ2n) is 4.60. The van der Waals surface area contributed by atoms with Gasteiger partial charge in [0.15, 0.2) is 0 Å². The molecule has 0 radical (unpaired) electrons. The largest absolute Gasteiger partial charge is 0.477 e. The summed E-state index contributed by atoms with van der Waals surface area (Å²) in [5, 5.41) is 11.3. The normalized spacial score (nSPS) is 10.9. The lowest BCUT2D eigenvalue weighted by atomic mass is 10.2. The first-order chi connectivity index (χ1) is 11.0. The maximum Gasteiger partial charge on any atom is 0.412 e. The molecule has 0 saturated carbocycles. The number of aliphatic carboxylic acids is 1. The molecule has 2 aromatic rings. The predicted molar refractivity (Wildman–Crippen MR) is 81.8 cm³/mol. The first-order valence-electron chi connectivity index (χ1n) is 6.73. The summed E-state index contributed by atoms with van der Waals surface area (Å²) in [7, 11) is 0. The van der Waals surface area contributed by atoms with Crippen molar-refractivity contribution < 1.29 is 23.8 Å². The maximum absolute atomic E-state index is 12.8. The molecule has 0 unspecified atom stereocenters. The van der Waals surface area contributed by atoms with Crippen molar-refractivity contribution in [2.24, 2.45) is 0 Å². The van der Waals surface area contributed by atoms with E-state index in [-0.39, 0.29) is 12.3 Å². The molecule has 0 atom stereocenters. The lowest BCUT2D eigenvalue weighted by Gasteiger charge is -2.08. The minimum atomic E-state index is -1.33. The number of halogens is 1. The highest BCUT2D eigenvalue weighted by Gasteiger charge is 2.12. The van der Waals surface area contributed by atoms with Crippen molar-refractivity contribution in [2.45, 2.75) is 6.61 Å². The monoisotopic (exact) mass is 315 g/mol. The Morgan fingerprint density at radius 2 is 1.74 bits per heavy atom. The zero-order valence-electron chi connectivity index (χ0n) is 12.0. The number of hydrogen-bond acceptors (Lipinski definition) is 3. The number of nitrogens with one attached hydrogen (secondary N) is 1. The van der Waals surface area contributed by atoms with Crippen LogP contribution in [0.15, 0.2) is 60.3 Å². The lowest BCUT2D eigenvalue weighted by molar-refractivity contribution is -0.132. The Balaban J connectivity index is 2.00. The summed E-state index contributed by atoms with van der Waals surface area (Å²) in [4.78, 5) is 22.8. The fourth-order valence-corrected chi connectivity index (χ4v) is 1.75. The van der Waals surface area contributed by atoms with E-state index in [4.69, 9.17) is 9.84 Å². The van der Waals surface area contributed by atoms with Crippen LogP contribution in [0, 0.1) is 5.82 Å². The quantitative estimate of drug-likeness (QED) is 0.831. The van der Waals surface area contributed by atoms with E-state index < -0.39 is 17.9 Å². The van der Waals surface area contributed by atoms with Gasteiger partial charge in [0.1, 0.15) is 18.1 Å². The van der Waals surface area contributed by atoms with Crippen molar-refractivity contribution in [1.29, 1.82) is 0 Å². The number of carboxylic acid groups (broad SMARTS) is 1. The summed E-state index contributed by atoms with van der Waals surface area (Å²) in [5.74, 6) is -1.76. The predicted octanol–water partition coefficient (Wildman–Crippen LogP) is 3.18. The molecule has 0 aromatic heterocycles. The number of amides is 1. The van der Waals surface area contributed by atoms with Crippen LogP contribution in [0.3, 0.4) is 0 Å². The second kappa shape index (κ2) is 7.74. The highest BCUT2D eigenvalue weighted by Crippen LogP contribution is 2.08. The van der Waals surface area contributed by atoms with Crippen LogP contribution in [0.5, 0.6) is 0 Å². The minimum Gasteiger partial charge on any atom is -0.477 e. The van der Waals surface area contributed by atoms with Crippen LogP contribution in [0.4, 0.5) is 9.18 Å². The molecule has 0 spiro atoms. The summed E-state index contributed by atoms with van der Waals surface area (Å²) < 4.78 is 17.8. The minimum absolute atomic E-state index is 0.0239. The summed E-state index contributed by atoms with van der Waals surface area (Å²) >= 11 is 0. The third kappa shape index (κ3) is 5.28. The van der Waals surface area contributed by atoms with E-state index in [1.54, 1.807) is 24.3 Å². The van der Waals surface area contributed by atoms with Gasteiger partial charge < -0.3 is 9.84 Å². The van der Waals surface area contributed by atoms with Crippen LogP contribution in [0.25, 0.3) is 6.08 Å². The highest BCUT2D eigenvalue weighted by atomic mass is 19.1. The highest BCUT2D eigenvalue weighted by molar-refractivity contribution is 5.95. The van der Waals surface area contributed by atoms with Gasteiger partial charge in [-0.15, -0.1) is 0 Å². The van der Waals surface area contributed by atoms with Crippen LogP contribution in [-0.2, 0) is 16.1 Å². The van der Waals surface area contributed by atoms with Crippen molar-refractivity contribution in [3.05, 3.63) is 77.2 Å². The van der Waals surface area contributed by atoms with Gasteiger partial charge in [0.05, 0.1) is 0 Å². The van der Waals surface area contributed by atoms with Crippen molar-refractivity contribution in [3.8, 4) is 0 Å². The number of ether oxygens (including phenoxy) is 1.